The highest BCUT2D eigenvalue weighted by Crippen LogP contribution is 2.25. The van der Waals surface area contributed by atoms with E-state index in [1.165, 1.54) is 0 Å². The van der Waals surface area contributed by atoms with Crippen LogP contribution in [0.25, 0.3) is 0 Å². The Morgan fingerprint density at radius 1 is 1.44 bits per heavy atom. The van der Waals surface area contributed by atoms with Gasteiger partial charge in [-0.3, -0.25) is 0 Å². The highest BCUT2D eigenvalue weighted by molar-refractivity contribution is 5.25. The van der Waals surface area contributed by atoms with E-state index in [1.54, 1.807) is 6.26 Å². The van der Waals surface area contributed by atoms with E-state index in [1.807, 2.05) is 16.9 Å². The molecule has 1 unspecified atom stereocenters. The average molecular weight is 248 g/mol. The quantitative estimate of drug-likeness (QED) is 0.852. The first-order valence-electron chi connectivity index (χ1n) is 6.43. The van der Waals surface area contributed by atoms with Gasteiger partial charge in [0.1, 0.15) is 11.8 Å². The fourth-order valence-electron chi connectivity index (χ4n) is 2.09. The van der Waals surface area contributed by atoms with Crippen molar-refractivity contribution >= 4 is 0 Å². The van der Waals surface area contributed by atoms with Crippen molar-refractivity contribution in [1.82, 2.24) is 20.3 Å². The van der Waals surface area contributed by atoms with Crippen LogP contribution in [0.3, 0.4) is 0 Å². The summed E-state index contributed by atoms with van der Waals surface area (Å²) >= 11 is 0. The zero-order valence-electron chi connectivity index (χ0n) is 11.2. The first kappa shape index (κ1) is 12.8. The molecular weight excluding hydrogens is 228 g/mol. The molecule has 0 spiro atoms. The maximum atomic E-state index is 5.60. The molecular formula is C13H20N4O. The Kier molecular flexibility index (Phi) is 4.15. The van der Waals surface area contributed by atoms with Crippen molar-refractivity contribution < 1.29 is 4.42 Å². The van der Waals surface area contributed by atoms with E-state index in [4.69, 9.17) is 4.42 Å². The van der Waals surface area contributed by atoms with Gasteiger partial charge in [0.2, 0.25) is 0 Å². The molecule has 0 bridgehead atoms. The van der Waals surface area contributed by atoms with Crippen LogP contribution in [0.5, 0.6) is 0 Å². The molecule has 1 N–H and O–H groups in total. The average Bonchev–Trinajstić information content (AvgIpc) is 2.96. The van der Waals surface area contributed by atoms with E-state index in [0.29, 0.717) is 0 Å². The van der Waals surface area contributed by atoms with Gasteiger partial charge in [0.15, 0.2) is 0 Å². The smallest absolute Gasteiger partial charge is 0.129 e. The van der Waals surface area contributed by atoms with Gasteiger partial charge in [-0.05, 0) is 31.5 Å². The van der Waals surface area contributed by atoms with Crippen molar-refractivity contribution in [2.75, 3.05) is 6.54 Å². The third kappa shape index (κ3) is 2.46. The number of furan rings is 1. The van der Waals surface area contributed by atoms with Gasteiger partial charge >= 0.3 is 0 Å². The number of aromatic nitrogens is 3. The lowest BCUT2D eigenvalue weighted by molar-refractivity contribution is 0.425. The summed E-state index contributed by atoms with van der Waals surface area (Å²) in [5.41, 5.74) is 2.20. The maximum Gasteiger partial charge on any atom is 0.129 e. The third-order valence-electron chi connectivity index (χ3n) is 2.95. The largest absolute Gasteiger partial charge is 0.467 e. The second kappa shape index (κ2) is 5.82. The highest BCUT2D eigenvalue weighted by atomic mass is 16.3. The summed E-state index contributed by atoms with van der Waals surface area (Å²) in [6, 6.07) is 2.00. The molecule has 2 aromatic rings. The Morgan fingerprint density at radius 2 is 2.28 bits per heavy atom. The minimum Gasteiger partial charge on any atom is -0.467 e. The molecule has 0 radical (unpaired) electrons. The first-order valence-corrected chi connectivity index (χ1v) is 6.43. The van der Waals surface area contributed by atoms with Crippen molar-refractivity contribution in [2.24, 2.45) is 0 Å². The Bertz CT molecular complexity index is 489. The molecule has 98 valence electrons. The topological polar surface area (TPSA) is 55.9 Å². The molecule has 0 saturated heterocycles. The van der Waals surface area contributed by atoms with Crippen molar-refractivity contribution in [3.63, 3.8) is 0 Å². The van der Waals surface area contributed by atoms with Crippen molar-refractivity contribution in [3.05, 3.63) is 35.5 Å². The van der Waals surface area contributed by atoms with Gasteiger partial charge in [-0.1, -0.05) is 19.1 Å². The number of hydrogen-bond acceptors (Lipinski definition) is 4. The van der Waals surface area contributed by atoms with E-state index in [-0.39, 0.29) is 6.04 Å². The monoisotopic (exact) mass is 248 g/mol. The summed E-state index contributed by atoms with van der Waals surface area (Å²) < 4.78 is 7.54. The molecule has 5 nitrogen and oxygen atoms in total. The van der Waals surface area contributed by atoms with Crippen molar-refractivity contribution in [1.29, 1.82) is 0 Å². The summed E-state index contributed by atoms with van der Waals surface area (Å²) in [5, 5.41) is 11.6. The molecule has 0 saturated carbocycles. The Balaban J connectivity index is 2.35. The van der Waals surface area contributed by atoms with Crippen LogP contribution < -0.4 is 5.32 Å². The van der Waals surface area contributed by atoms with E-state index >= 15 is 0 Å². The zero-order valence-corrected chi connectivity index (χ0v) is 11.2. The first-order chi connectivity index (χ1) is 8.77. The molecule has 0 aliphatic carbocycles. The van der Waals surface area contributed by atoms with Gasteiger partial charge in [-0.25, -0.2) is 4.68 Å². The maximum absolute atomic E-state index is 5.60. The van der Waals surface area contributed by atoms with Gasteiger partial charge in [0.05, 0.1) is 18.2 Å². The summed E-state index contributed by atoms with van der Waals surface area (Å²) in [7, 11) is 0. The van der Waals surface area contributed by atoms with Crippen molar-refractivity contribution in [3.8, 4) is 0 Å². The molecule has 0 fully saturated rings. The Morgan fingerprint density at radius 3 is 2.89 bits per heavy atom. The normalized spacial score (nSPS) is 12.8. The Labute approximate surface area is 107 Å². The van der Waals surface area contributed by atoms with Crippen LogP contribution in [0, 0.1) is 6.92 Å². The van der Waals surface area contributed by atoms with Crippen LogP contribution in [0.15, 0.2) is 22.9 Å². The summed E-state index contributed by atoms with van der Waals surface area (Å²) in [4.78, 5) is 0. The molecule has 2 rings (SSSR count). The molecule has 18 heavy (non-hydrogen) atoms. The van der Waals surface area contributed by atoms with Crippen LogP contribution >= 0.6 is 0 Å². The molecule has 5 heteroatoms. The number of nitrogens with one attached hydrogen (secondary N) is 1. The van der Waals surface area contributed by atoms with E-state index in [0.717, 1.165) is 36.5 Å². The number of nitrogens with zero attached hydrogens (tertiary/aromatic N) is 3. The molecule has 1 atom stereocenters. The van der Waals surface area contributed by atoms with Gasteiger partial charge in [-0.2, -0.15) is 0 Å². The summed E-state index contributed by atoms with van der Waals surface area (Å²) in [6.45, 7) is 8.00. The van der Waals surface area contributed by atoms with Crippen LogP contribution in [0.1, 0.15) is 43.3 Å². The molecule has 2 aromatic heterocycles. The zero-order chi connectivity index (χ0) is 13.0. The van der Waals surface area contributed by atoms with Crippen LogP contribution in [-0.4, -0.2) is 21.5 Å². The summed E-state index contributed by atoms with van der Waals surface area (Å²) in [5.74, 6) is 0.941. The van der Waals surface area contributed by atoms with Gasteiger partial charge in [0.25, 0.3) is 0 Å². The SMILES string of the molecule is CCCn1nncc1C(NCC)c1occc1C. The fourth-order valence-corrected chi connectivity index (χ4v) is 2.09. The number of hydrogen-bond donors (Lipinski definition) is 1. The van der Waals surface area contributed by atoms with E-state index in [2.05, 4.69) is 36.4 Å². The summed E-state index contributed by atoms with van der Waals surface area (Å²) in [6.07, 6.45) is 4.57. The molecule has 0 aliphatic rings. The van der Waals surface area contributed by atoms with Crippen LogP contribution in [0.4, 0.5) is 0 Å². The number of rotatable bonds is 6. The predicted octanol–water partition coefficient (Wildman–Crippen LogP) is 2.29. The second-order valence-corrected chi connectivity index (χ2v) is 4.34. The highest BCUT2D eigenvalue weighted by Gasteiger charge is 2.22. The predicted molar refractivity (Wildman–Crippen MR) is 69.3 cm³/mol. The van der Waals surface area contributed by atoms with Crippen LogP contribution in [0.2, 0.25) is 0 Å². The third-order valence-corrected chi connectivity index (χ3v) is 2.95. The van der Waals surface area contributed by atoms with Gasteiger partial charge in [-0.15, -0.1) is 5.10 Å². The molecule has 0 aromatic carbocycles. The lowest BCUT2D eigenvalue weighted by atomic mass is 10.1. The van der Waals surface area contributed by atoms with Crippen LogP contribution in [-0.2, 0) is 6.54 Å². The standard InChI is InChI=1S/C13H20N4O/c1-4-7-17-11(9-15-16-17)12(14-5-2)13-10(3)6-8-18-13/h6,8-9,12,14H,4-5,7H2,1-3H3. The molecule has 0 amide bonds. The van der Waals surface area contributed by atoms with E-state index in [9.17, 15) is 0 Å². The van der Waals surface area contributed by atoms with Gasteiger partial charge < -0.3 is 9.73 Å². The van der Waals surface area contributed by atoms with Gasteiger partial charge in [0, 0.05) is 6.54 Å². The van der Waals surface area contributed by atoms with Crippen molar-refractivity contribution in [2.45, 2.75) is 39.8 Å². The number of aryl methyl sites for hydroxylation is 2. The fraction of sp³-hybridized carbons (Fsp3) is 0.538. The minimum atomic E-state index is 0.0200. The lowest BCUT2D eigenvalue weighted by Gasteiger charge is -2.17. The minimum absolute atomic E-state index is 0.0200. The second-order valence-electron chi connectivity index (χ2n) is 4.34. The molecule has 0 aliphatic heterocycles. The molecule has 2 heterocycles. The Hall–Kier alpha value is -1.62. The lowest BCUT2D eigenvalue weighted by Crippen LogP contribution is -2.25. The van der Waals surface area contributed by atoms with E-state index < -0.39 is 0 Å².